The SMILES string of the molecule is COc1cccc(N(c2ccccc2)c2cccc(-c3ccc(C)cc3)c2)c1. The zero-order valence-electron chi connectivity index (χ0n) is 16.2. The van der Waals surface area contributed by atoms with Crippen molar-refractivity contribution in [3.05, 3.63) is 109 Å². The van der Waals surface area contributed by atoms with Crippen LogP contribution < -0.4 is 9.64 Å². The molecule has 0 bridgehead atoms. The molecule has 0 aliphatic heterocycles. The Bertz CT molecular complexity index is 1060. The third kappa shape index (κ3) is 3.77. The van der Waals surface area contributed by atoms with Crippen LogP contribution in [0.5, 0.6) is 5.75 Å². The summed E-state index contributed by atoms with van der Waals surface area (Å²) in [5.41, 5.74) is 6.95. The fourth-order valence-electron chi connectivity index (χ4n) is 3.34. The first-order valence-electron chi connectivity index (χ1n) is 9.41. The van der Waals surface area contributed by atoms with Gasteiger partial charge < -0.3 is 9.64 Å². The lowest BCUT2D eigenvalue weighted by Gasteiger charge is -2.26. The lowest BCUT2D eigenvalue weighted by molar-refractivity contribution is 0.415. The van der Waals surface area contributed by atoms with Crippen molar-refractivity contribution < 1.29 is 4.74 Å². The number of hydrogen-bond acceptors (Lipinski definition) is 2. The van der Waals surface area contributed by atoms with E-state index in [1.54, 1.807) is 7.11 Å². The number of aryl methyl sites for hydroxylation is 1. The largest absolute Gasteiger partial charge is 0.497 e. The number of hydrogen-bond donors (Lipinski definition) is 0. The fraction of sp³-hybridized carbons (Fsp3) is 0.0769. The van der Waals surface area contributed by atoms with Crippen LogP contribution in [-0.2, 0) is 0 Å². The third-order valence-electron chi connectivity index (χ3n) is 4.82. The summed E-state index contributed by atoms with van der Waals surface area (Å²) in [4.78, 5) is 2.25. The molecule has 0 spiro atoms. The number of methoxy groups -OCH3 is 1. The Hall–Kier alpha value is -3.52. The number of rotatable bonds is 5. The standard InChI is InChI=1S/C26H23NO/c1-20-14-16-21(17-15-20)22-8-6-11-24(18-22)27(23-9-4-3-5-10-23)25-12-7-13-26(19-25)28-2/h3-19H,1-2H3. The Morgan fingerprint density at radius 2 is 1.21 bits per heavy atom. The van der Waals surface area contributed by atoms with Crippen LogP contribution in [0.1, 0.15) is 5.56 Å². The first-order chi connectivity index (χ1) is 13.7. The molecule has 4 rings (SSSR count). The first kappa shape index (κ1) is 17.9. The van der Waals surface area contributed by atoms with Crippen LogP contribution in [-0.4, -0.2) is 7.11 Å². The van der Waals surface area contributed by atoms with Crippen LogP contribution in [0.4, 0.5) is 17.1 Å². The Morgan fingerprint density at radius 1 is 0.571 bits per heavy atom. The van der Waals surface area contributed by atoms with Gasteiger partial charge >= 0.3 is 0 Å². The highest BCUT2D eigenvalue weighted by molar-refractivity contribution is 5.80. The van der Waals surface area contributed by atoms with Crippen LogP contribution in [0.15, 0.2) is 103 Å². The summed E-state index contributed by atoms with van der Waals surface area (Å²) in [5.74, 6) is 0.841. The van der Waals surface area contributed by atoms with Crippen LogP contribution in [0, 0.1) is 6.92 Å². The normalized spacial score (nSPS) is 10.5. The molecule has 138 valence electrons. The van der Waals surface area contributed by atoms with E-state index < -0.39 is 0 Å². The van der Waals surface area contributed by atoms with Gasteiger partial charge in [-0.25, -0.2) is 0 Å². The van der Waals surface area contributed by atoms with Crippen molar-refractivity contribution in [2.75, 3.05) is 12.0 Å². The molecule has 0 fully saturated rings. The molecule has 0 unspecified atom stereocenters. The van der Waals surface area contributed by atoms with E-state index in [1.165, 1.54) is 16.7 Å². The number of benzene rings is 4. The Kier molecular flexibility index (Phi) is 5.11. The van der Waals surface area contributed by atoms with Crippen molar-refractivity contribution in [3.8, 4) is 16.9 Å². The summed E-state index contributed by atoms with van der Waals surface area (Å²) in [6.07, 6.45) is 0. The van der Waals surface area contributed by atoms with Gasteiger partial charge in [-0.15, -0.1) is 0 Å². The maximum atomic E-state index is 5.45. The van der Waals surface area contributed by atoms with Gasteiger partial charge in [0.25, 0.3) is 0 Å². The summed E-state index contributed by atoms with van der Waals surface area (Å²) >= 11 is 0. The van der Waals surface area contributed by atoms with E-state index in [-0.39, 0.29) is 0 Å². The molecule has 0 atom stereocenters. The summed E-state index contributed by atoms with van der Waals surface area (Å²) in [6, 6.07) is 35.9. The van der Waals surface area contributed by atoms with Crippen molar-refractivity contribution in [2.24, 2.45) is 0 Å². The van der Waals surface area contributed by atoms with Crippen molar-refractivity contribution in [1.82, 2.24) is 0 Å². The molecule has 4 aromatic rings. The molecule has 0 aliphatic carbocycles. The molecule has 2 nitrogen and oxygen atoms in total. The lowest BCUT2D eigenvalue weighted by Crippen LogP contribution is -2.10. The summed E-state index contributed by atoms with van der Waals surface area (Å²) in [7, 11) is 1.70. The van der Waals surface area contributed by atoms with Gasteiger partial charge in [-0.1, -0.05) is 66.2 Å². The maximum absolute atomic E-state index is 5.45. The topological polar surface area (TPSA) is 12.5 Å². The minimum atomic E-state index is 0.841. The van der Waals surface area contributed by atoms with E-state index in [4.69, 9.17) is 4.74 Å². The smallest absolute Gasteiger partial charge is 0.120 e. The summed E-state index contributed by atoms with van der Waals surface area (Å²) < 4.78 is 5.45. The van der Waals surface area contributed by atoms with Crippen molar-refractivity contribution in [2.45, 2.75) is 6.92 Å². The molecule has 4 aromatic carbocycles. The van der Waals surface area contributed by atoms with Crippen molar-refractivity contribution in [1.29, 1.82) is 0 Å². The molecule has 0 amide bonds. The van der Waals surface area contributed by atoms with Crippen LogP contribution in [0.2, 0.25) is 0 Å². The Labute approximate surface area is 166 Å². The third-order valence-corrected chi connectivity index (χ3v) is 4.82. The van der Waals surface area contributed by atoms with Crippen LogP contribution >= 0.6 is 0 Å². The molecule has 0 aromatic heterocycles. The van der Waals surface area contributed by atoms with Gasteiger partial charge in [0.15, 0.2) is 0 Å². The number of ether oxygens (including phenoxy) is 1. The highest BCUT2D eigenvalue weighted by Gasteiger charge is 2.13. The average Bonchev–Trinajstić information content (AvgIpc) is 2.76. The predicted molar refractivity (Wildman–Crippen MR) is 118 cm³/mol. The van der Waals surface area contributed by atoms with Gasteiger partial charge in [-0.2, -0.15) is 0 Å². The van der Waals surface area contributed by atoms with Gasteiger partial charge in [-0.3, -0.25) is 0 Å². The average molecular weight is 365 g/mol. The van der Waals surface area contributed by atoms with E-state index in [1.807, 2.05) is 18.2 Å². The van der Waals surface area contributed by atoms with Crippen LogP contribution in [0.25, 0.3) is 11.1 Å². The number of para-hydroxylation sites is 1. The first-order valence-corrected chi connectivity index (χ1v) is 9.41. The highest BCUT2D eigenvalue weighted by Crippen LogP contribution is 2.37. The van der Waals surface area contributed by atoms with Gasteiger partial charge in [-0.05, 0) is 54.4 Å². The summed E-state index contributed by atoms with van der Waals surface area (Å²) in [5, 5.41) is 0. The van der Waals surface area contributed by atoms with Gasteiger partial charge in [0.05, 0.1) is 7.11 Å². The molecule has 0 saturated carbocycles. The highest BCUT2D eigenvalue weighted by atomic mass is 16.5. The van der Waals surface area contributed by atoms with Gasteiger partial charge in [0.1, 0.15) is 5.75 Å². The van der Waals surface area contributed by atoms with E-state index in [0.29, 0.717) is 0 Å². The van der Waals surface area contributed by atoms with Crippen molar-refractivity contribution >= 4 is 17.1 Å². The maximum Gasteiger partial charge on any atom is 0.120 e. The van der Waals surface area contributed by atoms with E-state index in [2.05, 4.69) is 96.8 Å². The quantitative estimate of drug-likeness (QED) is 0.373. The zero-order chi connectivity index (χ0) is 19.3. The Balaban J connectivity index is 1.83. The fourth-order valence-corrected chi connectivity index (χ4v) is 3.34. The molecule has 0 heterocycles. The molecule has 28 heavy (non-hydrogen) atoms. The van der Waals surface area contributed by atoms with Gasteiger partial charge in [0.2, 0.25) is 0 Å². The zero-order valence-corrected chi connectivity index (χ0v) is 16.2. The summed E-state index contributed by atoms with van der Waals surface area (Å²) in [6.45, 7) is 2.11. The number of nitrogens with zero attached hydrogens (tertiary/aromatic N) is 1. The number of anilines is 3. The second kappa shape index (κ2) is 8.01. The predicted octanol–water partition coefficient (Wildman–Crippen LogP) is 7.14. The lowest BCUT2D eigenvalue weighted by atomic mass is 10.0. The molecule has 0 aliphatic rings. The van der Waals surface area contributed by atoms with E-state index in [0.717, 1.165) is 22.8 Å². The second-order valence-electron chi connectivity index (χ2n) is 6.79. The van der Waals surface area contributed by atoms with E-state index >= 15 is 0 Å². The molecule has 0 radical (unpaired) electrons. The second-order valence-corrected chi connectivity index (χ2v) is 6.79. The van der Waals surface area contributed by atoms with E-state index in [9.17, 15) is 0 Å². The molecule has 0 N–H and O–H groups in total. The molecule has 2 heteroatoms. The minimum absolute atomic E-state index is 0.841. The minimum Gasteiger partial charge on any atom is -0.497 e. The molecule has 0 saturated heterocycles. The van der Waals surface area contributed by atoms with Gasteiger partial charge in [0, 0.05) is 23.1 Å². The van der Waals surface area contributed by atoms with Crippen molar-refractivity contribution in [3.63, 3.8) is 0 Å². The van der Waals surface area contributed by atoms with Crippen LogP contribution in [0.3, 0.4) is 0 Å². The monoisotopic (exact) mass is 365 g/mol. The Morgan fingerprint density at radius 3 is 1.93 bits per heavy atom. The molecular weight excluding hydrogens is 342 g/mol. The molecular formula is C26H23NO.